The molecule has 0 radical (unpaired) electrons. The molecule has 0 saturated heterocycles. The molecule has 2 aromatic carbocycles. The van der Waals surface area contributed by atoms with E-state index in [2.05, 4.69) is 9.88 Å². The van der Waals surface area contributed by atoms with Crippen LogP contribution < -0.4 is 14.8 Å². The van der Waals surface area contributed by atoms with Crippen LogP contribution in [0.3, 0.4) is 0 Å². The summed E-state index contributed by atoms with van der Waals surface area (Å²) in [5, 5.41) is 4.85. The number of carbonyl (C=O) groups is 1. The highest BCUT2D eigenvalue weighted by Gasteiger charge is 2.13. The van der Waals surface area contributed by atoms with Gasteiger partial charge in [0.1, 0.15) is 12.4 Å². The lowest BCUT2D eigenvalue weighted by molar-refractivity contribution is 0.0953. The van der Waals surface area contributed by atoms with Gasteiger partial charge in [-0.1, -0.05) is 30.3 Å². The molecule has 7 heteroatoms. The van der Waals surface area contributed by atoms with Gasteiger partial charge in [-0.3, -0.25) is 4.79 Å². The van der Waals surface area contributed by atoms with E-state index in [1.165, 1.54) is 11.3 Å². The van der Waals surface area contributed by atoms with Gasteiger partial charge in [0.15, 0.2) is 11.5 Å². The summed E-state index contributed by atoms with van der Waals surface area (Å²) in [6.07, 6.45) is 0. The number of rotatable bonds is 9. The van der Waals surface area contributed by atoms with Crippen LogP contribution >= 0.6 is 11.3 Å². The van der Waals surface area contributed by atoms with Crippen molar-refractivity contribution in [1.29, 1.82) is 0 Å². The third-order valence-electron chi connectivity index (χ3n) is 4.61. The molecule has 2 aromatic heterocycles. The summed E-state index contributed by atoms with van der Waals surface area (Å²) in [5.41, 5.74) is 1.91. The molecule has 0 aliphatic heterocycles. The van der Waals surface area contributed by atoms with Crippen molar-refractivity contribution in [2.45, 2.75) is 20.0 Å². The first-order chi connectivity index (χ1) is 14.8. The van der Waals surface area contributed by atoms with Crippen molar-refractivity contribution >= 4 is 28.3 Å². The zero-order valence-electron chi connectivity index (χ0n) is 16.7. The van der Waals surface area contributed by atoms with Crippen LogP contribution in [0, 0.1) is 0 Å². The Hall–Kier alpha value is -3.32. The number of imidazole rings is 1. The van der Waals surface area contributed by atoms with E-state index in [1.54, 1.807) is 0 Å². The molecule has 0 saturated carbocycles. The number of fused-ring (bicyclic) bond motifs is 1. The number of ether oxygens (including phenoxy) is 2. The molecule has 0 spiro atoms. The zero-order chi connectivity index (χ0) is 20.8. The van der Waals surface area contributed by atoms with Crippen LogP contribution in [-0.2, 0) is 13.1 Å². The Kier molecular flexibility index (Phi) is 6.29. The average Bonchev–Trinajstić information content (AvgIpc) is 3.42. The van der Waals surface area contributed by atoms with Crippen molar-refractivity contribution in [3.63, 3.8) is 0 Å². The highest BCUT2D eigenvalue weighted by Crippen LogP contribution is 2.26. The van der Waals surface area contributed by atoms with Crippen LogP contribution in [0.1, 0.15) is 22.4 Å². The fourth-order valence-corrected chi connectivity index (χ4v) is 3.90. The quantitative estimate of drug-likeness (QED) is 0.432. The van der Waals surface area contributed by atoms with Gasteiger partial charge in [-0.05, 0) is 42.6 Å². The fourth-order valence-electron chi connectivity index (χ4n) is 3.26. The van der Waals surface area contributed by atoms with Gasteiger partial charge >= 0.3 is 0 Å². The van der Waals surface area contributed by atoms with Gasteiger partial charge < -0.3 is 19.4 Å². The lowest BCUT2D eigenvalue weighted by atomic mass is 10.3. The van der Waals surface area contributed by atoms with Gasteiger partial charge in [0.2, 0.25) is 0 Å². The second-order valence-electron chi connectivity index (χ2n) is 6.56. The van der Waals surface area contributed by atoms with Crippen molar-refractivity contribution < 1.29 is 14.3 Å². The predicted molar refractivity (Wildman–Crippen MR) is 118 cm³/mol. The Morgan fingerprint density at radius 1 is 1.03 bits per heavy atom. The van der Waals surface area contributed by atoms with E-state index in [0.29, 0.717) is 31.2 Å². The van der Waals surface area contributed by atoms with Gasteiger partial charge in [-0.15, -0.1) is 11.3 Å². The fraction of sp³-hybridized carbons (Fsp3) is 0.217. The maximum absolute atomic E-state index is 12.3. The molecule has 1 N–H and O–H groups in total. The first kappa shape index (κ1) is 20.0. The molecule has 6 nitrogen and oxygen atoms in total. The molecule has 1 amide bonds. The predicted octanol–water partition coefficient (Wildman–Crippen LogP) is 4.51. The summed E-state index contributed by atoms with van der Waals surface area (Å²) in [5.74, 6) is 2.16. The maximum atomic E-state index is 12.3. The number of benzene rings is 2. The standard InChI is InChI=1S/C23H23N3O3S/c1-2-28-19-10-5-6-11-20(19)29-14-13-26-18-9-4-3-8-17(18)25-22(26)16-24-23(27)21-12-7-15-30-21/h3-12,15H,2,13-14,16H2,1H3,(H,24,27). The molecule has 2 heterocycles. The van der Waals surface area contributed by atoms with Crippen LogP contribution in [0.5, 0.6) is 11.5 Å². The van der Waals surface area contributed by atoms with E-state index in [0.717, 1.165) is 28.4 Å². The molecule has 30 heavy (non-hydrogen) atoms. The number of thiophene rings is 1. The third kappa shape index (κ3) is 4.46. The van der Waals surface area contributed by atoms with E-state index >= 15 is 0 Å². The van der Waals surface area contributed by atoms with E-state index in [1.807, 2.05) is 73.0 Å². The minimum atomic E-state index is -0.0921. The molecule has 0 unspecified atom stereocenters. The number of aromatic nitrogens is 2. The number of amides is 1. The maximum Gasteiger partial charge on any atom is 0.261 e. The summed E-state index contributed by atoms with van der Waals surface area (Å²) in [6.45, 7) is 3.94. The Balaban J connectivity index is 1.48. The number of para-hydroxylation sites is 4. The van der Waals surface area contributed by atoms with Crippen LogP contribution in [0.4, 0.5) is 0 Å². The van der Waals surface area contributed by atoms with Crippen LogP contribution in [0.15, 0.2) is 66.0 Å². The summed E-state index contributed by atoms with van der Waals surface area (Å²) in [4.78, 5) is 17.7. The lowest BCUT2D eigenvalue weighted by Gasteiger charge is -2.13. The van der Waals surface area contributed by atoms with Gasteiger partial charge in [-0.25, -0.2) is 4.98 Å². The van der Waals surface area contributed by atoms with Crippen LogP contribution in [0.25, 0.3) is 11.0 Å². The number of nitrogens with zero attached hydrogens (tertiary/aromatic N) is 2. The number of hydrogen-bond donors (Lipinski definition) is 1. The Bertz CT molecular complexity index is 1120. The van der Waals surface area contributed by atoms with Crippen molar-refractivity contribution in [3.8, 4) is 11.5 Å². The van der Waals surface area contributed by atoms with E-state index in [9.17, 15) is 4.79 Å². The normalized spacial score (nSPS) is 10.8. The van der Waals surface area contributed by atoms with Gasteiger partial charge in [-0.2, -0.15) is 0 Å². The van der Waals surface area contributed by atoms with E-state index in [4.69, 9.17) is 14.5 Å². The Morgan fingerprint density at radius 3 is 2.57 bits per heavy atom. The smallest absolute Gasteiger partial charge is 0.261 e. The molecule has 0 bridgehead atoms. The number of hydrogen-bond acceptors (Lipinski definition) is 5. The van der Waals surface area contributed by atoms with Crippen molar-refractivity contribution in [1.82, 2.24) is 14.9 Å². The molecular formula is C23H23N3O3S. The molecule has 154 valence electrons. The minimum absolute atomic E-state index is 0.0921. The van der Waals surface area contributed by atoms with Crippen LogP contribution in [0.2, 0.25) is 0 Å². The first-order valence-electron chi connectivity index (χ1n) is 9.86. The Labute approximate surface area is 179 Å². The largest absolute Gasteiger partial charge is 0.490 e. The van der Waals surface area contributed by atoms with Gasteiger partial charge in [0.05, 0.1) is 35.6 Å². The number of carbonyl (C=O) groups excluding carboxylic acids is 1. The topological polar surface area (TPSA) is 65.4 Å². The third-order valence-corrected chi connectivity index (χ3v) is 5.48. The molecule has 0 aliphatic rings. The van der Waals surface area contributed by atoms with Crippen molar-refractivity contribution in [2.24, 2.45) is 0 Å². The Morgan fingerprint density at radius 2 is 1.80 bits per heavy atom. The summed E-state index contributed by atoms with van der Waals surface area (Å²) >= 11 is 1.42. The van der Waals surface area contributed by atoms with Gasteiger partial charge in [0, 0.05) is 0 Å². The number of nitrogens with one attached hydrogen (secondary N) is 1. The molecule has 4 aromatic rings. The lowest BCUT2D eigenvalue weighted by Crippen LogP contribution is -2.24. The molecule has 4 rings (SSSR count). The van der Waals surface area contributed by atoms with Crippen LogP contribution in [-0.4, -0.2) is 28.7 Å². The molecule has 0 aliphatic carbocycles. The minimum Gasteiger partial charge on any atom is -0.490 e. The van der Waals surface area contributed by atoms with Gasteiger partial charge in [0.25, 0.3) is 5.91 Å². The first-order valence-corrected chi connectivity index (χ1v) is 10.7. The van der Waals surface area contributed by atoms with E-state index < -0.39 is 0 Å². The zero-order valence-corrected chi connectivity index (χ0v) is 17.5. The highest BCUT2D eigenvalue weighted by atomic mass is 32.1. The van der Waals surface area contributed by atoms with Crippen molar-refractivity contribution in [3.05, 3.63) is 76.7 Å². The average molecular weight is 422 g/mol. The van der Waals surface area contributed by atoms with Crippen molar-refractivity contribution in [2.75, 3.05) is 13.2 Å². The highest BCUT2D eigenvalue weighted by molar-refractivity contribution is 7.12. The molecular weight excluding hydrogens is 398 g/mol. The second-order valence-corrected chi connectivity index (χ2v) is 7.50. The van der Waals surface area contributed by atoms with E-state index in [-0.39, 0.29) is 5.91 Å². The summed E-state index contributed by atoms with van der Waals surface area (Å²) in [6, 6.07) is 19.3. The summed E-state index contributed by atoms with van der Waals surface area (Å²) in [7, 11) is 0. The molecule has 0 fully saturated rings. The SMILES string of the molecule is CCOc1ccccc1OCCn1c(CNC(=O)c2cccs2)nc2ccccc21. The molecule has 0 atom stereocenters. The monoisotopic (exact) mass is 421 g/mol. The second kappa shape index (κ2) is 9.45. The summed E-state index contributed by atoms with van der Waals surface area (Å²) < 4.78 is 13.7.